The fraction of sp³-hybridized carbons (Fsp3) is 0.308. The molecule has 0 saturated carbocycles. The predicted octanol–water partition coefficient (Wildman–Crippen LogP) is -0.478. The first kappa shape index (κ1) is 12.5. The van der Waals surface area contributed by atoms with E-state index in [-0.39, 0.29) is 30.7 Å². The van der Waals surface area contributed by atoms with Gasteiger partial charge in [-0.25, -0.2) is 0 Å². The first-order valence-electron chi connectivity index (χ1n) is 6.24. The molecule has 1 saturated heterocycles. The summed E-state index contributed by atoms with van der Waals surface area (Å²) in [6.07, 6.45) is 0.236. The number of ether oxygens (including phenoxy) is 1. The van der Waals surface area contributed by atoms with Crippen molar-refractivity contribution in [2.45, 2.75) is 19.0 Å². The van der Waals surface area contributed by atoms with Crippen molar-refractivity contribution in [2.75, 3.05) is 11.9 Å². The van der Waals surface area contributed by atoms with E-state index < -0.39 is 6.04 Å². The summed E-state index contributed by atoms with van der Waals surface area (Å²) in [6, 6.07) is 4.90. The third-order valence-corrected chi connectivity index (χ3v) is 3.18. The van der Waals surface area contributed by atoms with Gasteiger partial charge in [-0.1, -0.05) is 6.07 Å². The largest absolute Gasteiger partial charge is 0.482 e. The Bertz CT molecular complexity index is 591. The van der Waals surface area contributed by atoms with E-state index in [0.29, 0.717) is 18.0 Å². The van der Waals surface area contributed by atoms with E-state index in [9.17, 15) is 14.4 Å². The number of anilines is 1. The number of benzene rings is 1. The van der Waals surface area contributed by atoms with Crippen molar-refractivity contribution in [3.05, 3.63) is 23.8 Å². The maximum absolute atomic E-state index is 11.7. The van der Waals surface area contributed by atoms with Crippen LogP contribution in [0.3, 0.4) is 0 Å². The Hall–Kier alpha value is -2.57. The Labute approximate surface area is 114 Å². The molecule has 0 aliphatic carbocycles. The van der Waals surface area contributed by atoms with Gasteiger partial charge in [-0.2, -0.15) is 0 Å². The highest BCUT2D eigenvalue weighted by atomic mass is 16.5. The molecule has 1 atom stereocenters. The molecule has 1 aromatic carbocycles. The number of rotatable bonds is 3. The molecule has 0 aromatic heterocycles. The van der Waals surface area contributed by atoms with E-state index in [0.717, 1.165) is 5.56 Å². The Kier molecular flexibility index (Phi) is 3.02. The standard InChI is InChI=1S/C13H13N3O4/c17-11-4-9(16-11)13(19)14-5-7-1-2-10-8(3-7)15-12(18)6-20-10/h1-3,9H,4-6H2,(H,14,19)(H,15,18)(H,16,17)/t9-/m0/s1. The zero-order valence-electron chi connectivity index (χ0n) is 10.6. The lowest BCUT2D eigenvalue weighted by Gasteiger charge is -2.25. The highest BCUT2D eigenvalue weighted by Gasteiger charge is 2.31. The van der Waals surface area contributed by atoms with Crippen LogP contribution in [0.5, 0.6) is 5.75 Å². The van der Waals surface area contributed by atoms with Crippen molar-refractivity contribution < 1.29 is 19.1 Å². The van der Waals surface area contributed by atoms with Crippen LogP contribution in [-0.4, -0.2) is 30.4 Å². The quantitative estimate of drug-likeness (QED) is 0.649. The van der Waals surface area contributed by atoms with Gasteiger partial charge in [0.05, 0.1) is 12.1 Å². The fourth-order valence-corrected chi connectivity index (χ4v) is 2.07. The Morgan fingerprint density at radius 3 is 2.90 bits per heavy atom. The van der Waals surface area contributed by atoms with Crippen LogP contribution in [0.15, 0.2) is 18.2 Å². The zero-order valence-corrected chi connectivity index (χ0v) is 10.6. The molecule has 2 aliphatic heterocycles. The molecule has 2 aliphatic rings. The normalized spacial score (nSPS) is 19.9. The summed E-state index contributed by atoms with van der Waals surface area (Å²) in [4.78, 5) is 33.6. The summed E-state index contributed by atoms with van der Waals surface area (Å²) in [7, 11) is 0. The molecule has 0 radical (unpaired) electrons. The number of hydrogen-bond donors (Lipinski definition) is 3. The monoisotopic (exact) mass is 275 g/mol. The van der Waals surface area contributed by atoms with Gasteiger partial charge >= 0.3 is 0 Å². The summed E-state index contributed by atoms with van der Waals surface area (Å²) in [6.45, 7) is 0.346. The molecule has 2 heterocycles. The van der Waals surface area contributed by atoms with Gasteiger partial charge in [0.2, 0.25) is 11.8 Å². The number of fused-ring (bicyclic) bond motifs is 1. The number of carbonyl (C=O) groups is 3. The van der Waals surface area contributed by atoms with E-state index >= 15 is 0 Å². The summed E-state index contributed by atoms with van der Waals surface area (Å²) in [5, 5.41) is 7.94. The van der Waals surface area contributed by atoms with Crippen molar-refractivity contribution in [2.24, 2.45) is 0 Å². The van der Waals surface area contributed by atoms with Gasteiger partial charge in [-0.3, -0.25) is 14.4 Å². The third-order valence-electron chi connectivity index (χ3n) is 3.18. The highest BCUT2D eigenvalue weighted by molar-refractivity contribution is 5.97. The maximum Gasteiger partial charge on any atom is 0.262 e. The Balaban J connectivity index is 1.60. The van der Waals surface area contributed by atoms with Crippen LogP contribution in [0, 0.1) is 0 Å². The van der Waals surface area contributed by atoms with Crippen LogP contribution in [0.4, 0.5) is 5.69 Å². The number of carbonyl (C=O) groups excluding carboxylic acids is 3. The number of hydrogen-bond acceptors (Lipinski definition) is 4. The van der Waals surface area contributed by atoms with Crippen molar-refractivity contribution in [3.63, 3.8) is 0 Å². The molecule has 7 nitrogen and oxygen atoms in total. The van der Waals surface area contributed by atoms with E-state index in [1.807, 2.05) is 6.07 Å². The average molecular weight is 275 g/mol. The SMILES string of the molecule is O=C1COc2ccc(CNC(=O)[C@@H]3CC(=O)N3)cc2N1. The molecule has 0 spiro atoms. The zero-order chi connectivity index (χ0) is 14.1. The average Bonchev–Trinajstić information content (AvgIpc) is 2.40. The second kappa shape index (κ2) is 4.84. The van der Waals surface area contributed by atoms with Gasteiger partial charge in [0.25, 0.3) is 5.91 Å². The lowest BCUT2D eigenvalue weighted by atomic mass is 10.1. The van der Waals surface area contributed by atoms with E-state index in [2.05, 4.69) is 16.0 Å². The summed E-state index contributed by atoms with van der Waals surface area (Å²) in [5.74, 6) is 0.100. The summed E-state index contributed by atoms with van der Waals surface area (Å²) >= 11 is 0. The van der Waals surface area contributed by atoms with Crippen molar-refractivity contribution >= 4 is 23.4 Å². The van der Waals surface area contributed by atoms with E-state index in [1.165, 1.54) is 0 Å². The van der Waals surface area contributed by atoms with Crippen LogP contribution in [0.1, 0.15) is 12.0 Å². The molecule has 3 amide bonds. The highest BCUT2D eigenvalue weighted by Crippen LogP contribution is 2.28. The smallest absolute Gasteiger partial charge is 0.262 e. The first-order valence-corrected chi connectivity index (χ1v) is 6.24. The topological polar surface area (TPSA) is 96.5 Å². The molecule has 0 bridgehead atoms. The number of amides is 3. The van der Waals surface area contributed by atoms with Gasteiger partial charge in [0.15, 0.2) is 6.61 Å². The van der Waals surface area contributed by atoms with Crippen LogP contribution in [-0.2, 0) is 20.9 Å². The second-order valence-corrected chi connectivity index (χ2v) is 4.71. The minimum Gasteiger partial charge on any atom is -0.482 e. The maximum atomic E-state index is 11.7. The van der Waals surface area contributed by atoms with Gasteiger partial charge in [-0.05, 0) is 17.7 Å². The summed E-state index contributed by atoms with van der Waals surface area (Å²) in [5.41, 5.74) is 1.44. The number of β-lactam (4-membered cyclic amide) rings is 1. The van der Waals surface area contributed by atoms with Gasteiger partial charge in [-0.15, -0.1) is 0 Å². The molecular formula is C13H13N3O4. The van der Waals surface area contributed by atoms with Crippen molar-refractivity contribution in [3.8, 4) is 5.75 Å². The second-order valence-electron chi connectivity index (χ2n) is 4.71. The van der Waals surface area contributed by atoms with Gasteiger partial charge < -0.3 is 20.7 Å². The molecule has 3 rings (SSSR count). The van der Waals surface area contributed by atoms with Gasteiger partial charge in [0, 0.05) is 6.54 Å². The lowest BCUT2D eigenvalue weighted by Crippen LogP contribution is -2.56. The Morgan fingerprint density at radius 1 is 1.35 bits per heavy atom. The first-order chi connectivity index (χ1) is 9.61. The fourth-order valence-electron chi connectivity index (χ4n) is 2.07. The molecule has 1 aromatic rings. The third kappa shape index (κ3) is 2.42. The van der Waals surface area contributed by atoms with Gasteiger partial charge in [0.1, 0.15) is 11.8 Å². The summed E-state index contributed by atoms with van der Waals surface area (Å²) < 4.78 is 5.25. The minimum atomic E-state index is -0.428. The molecule has 1 fully saturated rings. The van der Waals surface area contributed by atoms with Crippen molar-refractivity contribution in [1.82, 2.24) is 10.6 Å². The minimum absolute atomic E-state index is 0.0183. The van der Waals surface area contributed by atoms with Crippen LogP contribution >= 0.6 is 0 Å². The molecule has 3 N–H and O–H groups in total. The van der Waals surface area contributed by atoms with E-state index in [4.69, 9.17) is 4.74 Å². The molecule has 104 valence electrons. The molecule has 0 unspecified atom stereocenters. The van der Waals surface area contributed by atoms with Crippen LogP contribution in [0.25, 0.3) is 0 Å². The lowest BCUT2D eigenvalue weighted by molar-refractivity contribution is -0.137. The van der Waals surface area contributed by atoms with Crippen LogP contribution in [0.2, 0.25) is 0 Å². The predicted molar refractivity (Wildman–Crippen MR) is 69.0 cm³/mol. The van der Waals surface area contributed by atoms with Crippen molar-refractivity contribution in [1.29, 1.82) is 0 Å². The molecule has 20 heavy (non-hydrogen) atoms. The van der Waals surface area contributed by atoms with Crippen LogP contribution < -0.4 is 20.7 Å². The Morgan fingerprint density at radius 2 is 2.15 bits per heavy atom. The number of nitrogens with one attached hydrogen (secondary N) is 3. The molecular weight excluding hydrogens is 262 g/mol. The van der Waals surface area contributed by atoms with E-state index in [1.54, 1.807) is 12.1 Å². The molecule has 7 heteroatoms.